The number of para-hydroxylation sites is 2. The molecule has 3 aromatic rings. The molecule has 5 nitrogen and oxygen atoms in total. The quantitative estimate of drug-likeness (QED) is 0.561. The zero-order valence-electron chi connectivity index (χ0n) is 16.6. The predicted molar refractivity (Wildman–Crippen MR) is 122 cm³/mol. The van der Waals surface area contributed by atoms with E-state index in [2.05, 4.69) is 4.99 Å². The Morgan fingerprint density at radius 3 is 2.47 bits per heavy atom. The van der Waals surface area contributed by atoms with Gasteiger partial charge in [0.05, 0.1) is 4.91 Å². The van der Waals surface area contributed by atoms with Crippen LogP contribution in [0.3, 0.4) is 0 Å². The van der Waals surface area contributed by atoms with Crippen molar-refractivity contribution in [2.24, 2.45) is 4.99 Å². The number of anilines is 1. The number of carbonyl (C=O) groups is 1. The number of ether oxygens (including phenoxy) is 1. The SMILES string of the molecule is Cc1cc(Oc2ccccc2)ccc1N(C)C1=NC(=O)/C(=C\c2ccccc2O)S1. The molecule has 0 unspecified atom stereocenters. The number of aliphatic imine (C=N–C) groups is 1. The summed E-state index contributed by atoms with van der Waals surface area (Å²) in [7, 11) is 1.88. The van der Waals surface area contributed by atoms with Crippen LogP contribution in [0.25, 0.3) is 6.08 Å². The Balaban J connectivity index is 1.52. The van der Waals surface area contributed by atoms with E-state index in [0.717, 1.165) is 22.7 Å². The highest BCUT2D eigenvalue weighted by Gasteiger charge is 2.26. The molecular weight excluding hydrogens is 396 g/mol. The predicted octanol–water partition coefficient (Wildman–Crippen LogP) is 5.60. The number of phenolic OH excluding ortho intramolecular Hbond substituents is 1. The Morgan fingerprint density at radius 2 is 1.73 bits per heavy atom. The van der Waals surface area contributed by atoms with Crippen LogP contribution in [-0.4, -0.2) is 23.2 Å². The van der Waals surface area contributed by atoms with Gasteiger partial charge in [0.1, 0.15) is 17.2 Å². The lowest BCUT2D eigenvalue weighted by Gasteiger charge is -2.20. The second-order valence-electron chi connectivity index (χ2n) is 6.79. The molecule has 4 rings (SSSR count). The fraction of sp³-hybridized carbons (Fsp3) is 0.0833. The van der Waals surface area contributed by atoms with E-state index in [4.69, 9.17) is 4.74 Å². The highest BCUT2D eigenvalue weighted by Crippen LogP contribution is 2.35. The number of aryl methyl sites for hydroxylation is 1. The molecule has 3 aromatic carbocycles. The van der Waals surface area contributed by atoms with Crippen molar-refractivity contribution in [2.45, 2.75) is 6.92 Å². The lowest BCUT2D eigenvalue weighted by Crippen LogP contribution is -2.22. The van der Waals surface area contributed by atoms with E-state index in [9.17, 15) is 9.90 Å². The van der Waals surface area contributed by atoms with Crippen LogP contribution < -0.4 is 9.64 Å². The van der Waals surface area contributed by atoms with Crippen molar-refractivity contribution in [3.05, 3.63) is 88.8 Å². The van der Waals surface area contributed by atoms with Crippen LogP contribution in [-0.2, 0) is 4.79 Å². The number of carbonyl (C=O) groups excluding carboxylic acids is 1. The second kappa shape index (κ2) is 8.47. The van der Waals surface area contributed by atoms with Gasteiger partial charge < -0.3 is 14.7 Å². The average molecular weight is 417 g/mol. The molecule has 1 amide bonds. The molecule has 1 N–H and O–H groups in total. The Hall–Kier alpha value is -3.51. The average Bonchev–Trinajstić information content (AvgIpc) is 3.10. The van der Waals surface area contributed by atoms with Gasteiger partial charge in [0.2, 0.25) is 0 Å². The molecule has 0 radical (unpaired) electrons. The van der Waals surface area contributed by atoms with Gasteiger partial charge in [-0.3, -0.25) is 4.79 Å². The van der Waals surface area contributed by atoms with Gasteiger partial charge in [0, 0.05) is 18.3 Å². The molecule has 30 heavy (non-hydrogen) atoms. The third-order valence-corrected chi connectivity index (χ3v) is 5.69. The third-order valence-electron chi connectivity index (χ3n) is 4.63. The number of nitrogens with zero attached hydrogens (tertiary/aromatic N) is 2. The minimum Gasteiger partial charge on any atom is -0.507 e. The fourth-order valence-electron chi connectivity index (χ4n) is 3.09. The first-order valence-corrected chi connectivity index (χ1v) is 10.2. The van der Waals surface area contributed by atoms with Crippen LogP contribution in [0.1, 0.15) is 11.1 Å². The highest BCUT2D eigenvalue weighted by molar-refractivity contribution is 8.18. The van der Waals surface area contributed by atoms with Gasteiger partial charge in [0.15, 0.2) is 5.17 Å². The zero-order chi connectivity index (χ0) is 21.1. The topological polar surface area (TPSA) is 62.1 Å². The van der Waals surface area contributed by atoms with E-state index in [1.165, 1.54) is 11.8 Å². The number of aromatic hydroxyl groups is 1. The van der Waals surface area contributed by atoms with Crippen molar-refractivity contribution >= 4 is 34.6 Å². The van der Waals surface area contributed by atoms with Gasteiger partial charge in [-0.15, -0.1) is 0 Å². The maximum Gasteiger partial charge on any atom is 0.286 e. The van der Waals surface area contributed by atoms with E-state index < -0.39 is 0 Å². The van der Waals surface area contributed by atoms with Crippen molar-refractivity contribution in [1.29, 1.82) is 0 Å². The summed E-state index contributed by atoms with van der Waals surface area (Å²) >= 11 is 1.29. The second-order valence-corrected chi connectivity index (χ2v) is 7.80. The van der Waals surface area contributed by atoms with Crippen molar-refractivity contribution in [1.82, 2.24) is 0 Å². The molecule has 0 aromatic heterocycles. The number of amides is 1. The van der Waals surface area contributed by atoms with Gasteiger partial charge in [-0.1, -0.05) is 36.4 Å². The lowest BCUT2D eigenvalue weighted by atomic mass is 10.2. The summed E-state index contributed by atoms with van der Waals surface area (Å²) in [5.74, 6) is 1.34. The molecule has 0 spiro atoms. The normalized spacial score (nSPS) is 14.7. The molecule has 0 bridgehead atoms. The summed E-state index contributed by atoms with van der Waals surface area (Å²) < 4.78 is 5.89. The molecule has 1 heterocycles. The largest absolute Gasteiger partial charge is 0.507 e. The van der Waals surface area contributed by atoms with E-state index in [0.29, 0.717) is 15.6 Å². The van der Waals surface area contributed by atoms with Gasteiger partial charge in [-0.2, -0.15) is 4.99 Å². The van der Waals surface area contributed by atoms with Gasteiger partial charge in [-0.25, -0.2) is 0 Å². The standard InChI is InChI=1S/C24H20N2O3S/c1-16-14-19(29-18-9-4-3-5-10-18)12-13-20(16)26(2)24-25-23(28)22(30-24)15-17-8-6-7-11-21(17)27/h3-15,27H,1-2H3/b22-15+. The van der Waals surface area contributed by atoms with E-state index >= 15 is 0 Å². The van der Waals surface area contributed by atoms with Crippen molar-refractivity contribution in [3.63, 3.8) is 0 Å². The van der Waals surface area contributed by atoms with Crippen LogP contribution in [0.2, 0.25) is 0 Å². The molecule has 150 valence electrons. The minimum atomic E-state index is -0.313. The Bertz CT molecular complexity index is 1160. The molecule has 0 saturated carbocycles. The Morgan fingerprint density at radius 1 is 1.00 bits per heavy atom. The van der Waals surface area contributed by atoms with Crippen molar-refractivity contribution in [2.75, 3.05) is 11.9 Å². The van der Waals surface area contributed by atoms with Crippen LogP contribution in [0, 0.1) is 6.92 Å². The first-order chi connectivity index (χ1) is 14.5. The number of rotatable bonds is 4. The molecule has 0 atom stereocenters. The lowest BCUT2D eigenvalue weighted by molar-refractivity contribution is -0.113. The first kappa shape index (κ1) is 19.8. The van der Waals surface area contributed by atoms with E-state index in [1.54, 1.807) is 24.3 Å². The number of amidine groups is 1. The third kappa shape index (κ3) is 4.23. The molecule has 0 aliphatic carbocycles. The summed E-state index contributed by atoms with van der Waals surface area (Å²) in [6, 6.07) is 22.3. The number of hydrogen-bond donors (Lipinski definition) is 1. The van der Waals surface area contributed by atoms with E-state index in [1.807, 2.05) is 73.5 Å². The molecular formula is C24H20N2O3S. The maximum atomic E-state index is 12.4. The Labute approximate surface area is 179 Å². The number of phenols is 1. The molecule has 0 fully saturated rings. The number of thioether (sulfide) groups is 1. The monoisotopic (exact) mass is 416 g/mol. The van der Waals surface area contributed by atoms with Crippen molar-refractivity contribution in [3.8, 4) is 17.2 Å². The smallest absolute Gasteiger partial charge is 0.286 e. The highest BCUT2D eigenvalue weighted by atomic mass is 32.2. The van der Waals surface area contributed by atoms with Crippen LogP contribution in [0.15, 0.2) is 82.7 Å². The van der Waals surface area contributed by atoms with Gasteiger partial charge in [0.25, 0.3) is 5.91 Å². The number of hydrogen-bond acceptors (Lipinski definition) is 5. The Kier molecular flexibility index (Phi) is 5.59. The van der Waals surface area contributed by atoms with Gasteiger partial charge >= 0.3 is 0 Å². The van der Waals surface area contributed by atoms with Crippen molar-refractivity contribution < 1.29 is 14.6 Å². The maximum absolute atomic E-state index is 12.4. The molecule has 1 aliphatic rings. The van der Waals surface area contributed by atoms with Gasteiger partial charge in [-0.05, 0) is 66.7 Å². The van der Waals surface area contributed by atoms with E-state index in [-0.39, 0.29) is 11.7 Å². The minimum absolute atomic E-state index is 0.130. The summed E-state index contributed by atoms with van der Waals surface area (Å²) in [6.45, 7) is 1.99. The number of benzene rings is 3. The molecule has 6 heteroatoms. The fourth-order valence-corrected chi connectivity index (χ4v) is 3.97. The van der Waals surface area contributed by atoms with Crippen LogP contribution >= 0.6 is 11.8 Å². The summed E-state index contributed by atoms with van der Waals surface area (Å²) in [6.07, 6.45) is 1.66. The summed E-state index contributed by atoms with van der Waals surface area (Å²) in [4.78, 5) is 18.9. The zero-order valence-corrected chi connectivity index (χ0v) is 17.4. The molecule has 1 aliphatic heterocycles. The summed E-state index contributed by atoms with van der Waals surface area (Å²) in [5.41, 5.74) is 2.52. The van der Waals surface area contributed by atoms with Crippen LogP contribution in [0.5, 0.6) is 17.2 Å². The summed E-state index contributed by atoms with van der Waals surface area (Å²) in [5, 5.41) is 10.5. The van der Waals surface area contributed by atoms with Crippen LogP contribution in [0.4, 0.5) is 5.69 Å². The molecule has 0 saturated heterocycles. The first-order valence-electron chi connectivity index (χ1n) is 9.39.